The Bertz CT molecular complexity index is 629. The summed E-state index contributed by atoms with van der Waals surface area (Å²) in [6, 6.07) is 7.42. The van der Waals surface area contributed by atoms with Gasteiger partial charge in [0, 0.05) is 5.02 Å². The summed E-state index contributed by atoms with van der Waals surface area (Å²) in [5, 5.41) is 12.8. The van der Waals surface area contributed by atoms with Crippen molar-refractivity contribution in [2.24, 2.45) is 5.16 Å². The van der Waals surface area contributed by atoms with Gasteiger partial charge in [0.25, 0.3) is 5.45 Å². The van der Waals surface area contributed by atoms with Gasteiger partial charge in [-0.3, -0.25) is 4.57 Å². The van der Waals surface area contributed by atoms with E-state index in [2.05, 4.69) is 9.99 Å². The highest BCUT2D eigenvalue weighted by Gasteiger charge is 2.33. The van der Waals surface area contributed by atoms with Crippen LogP contribution < -0.4 is 0 Å². The van der Waals surface area contributed by atoms with Crippen LogP contribution in [0.4, 0.5) is 0 Å². The van der Waals surface area contributed by atoms with Gasteiger partial charge in [-0.15, -0.1) is 0 Å². The van der Waals surface area contributed by atoms with E-state index in [9.17, 15) is 9.36 Å². The van der Waals surface area contributed by atoms with Crippen molar-refractivity contribution in [1.29, 1.82) is 5.26 Å². The molecule has 1 aromatic carbocycles. The van der Waals surface area contributed by atoms with E-state index in [4.69, 9.17) is 25.9 Å². The third kappa shape index (κ3) is 4.93. The lowest BCUT2D eigenvalue weighted by molar-refractivity contribution is 0.0517. The molecule has 0 heterocycles. The number of nitrogens with zero attached hydrogens (tertiary/aromatic N) is 2. The Hall–Kier alpha value is -1.71. The van der Waals surface area contributed by atoms with Crippen LogP contribution in [-0.4, -0.2) is 24.6 Å². The molecule has 0 bridgehead atoms. The summed E-state index contributed by atoms with van der Waals surface area (Å²) < 4.78 is 22.2. The largest absolute Gasteiger partial charge is 0.393 e. The van der Waals surface area contributed by atoms with Crippen LogP contribution in [0.1, 0.15) is 24.2 Å². The van der Waals surface area contributed by atoms with Gasteiger partial charge < -0.3 is 13.9 Å². The van der Waals surface area contributed by atoms with Crippen LogP contribution >= 0.6 is 19.2 Å². The lowest BCUT2D eigenvalue weighted by atomic mass is 10.2. The number of benzene rings is 1. The molecular formula is C13H14ClN2O5P. The molecule has 22 heavy (non-hydrogen) atoms. The molecule has 0 atom stereocenters. The summed E-state index contributed by atoms with van der Waals surface area (Å²) >= 11 is 5.70. The molecule has 1 rings (SSSR count). The monoisotopic (exact) mass is 344 g/mol. The average Bonchev–Trinajstić information content (AvgIpc) is 2.48. The Labute approximate surface area is 132 Å². The van der Waals surface area contributed by atoms with Gasteiger partial charge >= 0.3 is 13.6 Å². The van der Waals surface area contributed by atoms with Gasteiger partial charge in [-0.05, 0) is 38.1 Å². The topological polar surface area (TPSA) is 98.0 Å². The fourth-order valence-electron chi connectivity index (χ4n) is 1.35. The SMILES string of the molecule is CCOP(=O)(OCC)/C(C#N)=N/OC(=O)c1ccc(Cl)cc1. The van der Waals surface area contributed by atoms with Gasteiger partial charge in [0.2, 0.25) is 0 Å². The number of nitriles is 1. The third-order valence-electron chi connectivity index (χ3n) is 2.25. The van der Waals surface area contributed by atoms with Crippen LogP contribution in [0.5, 0.6) is 0 Å². The summed E-state index contributed by atoms with van der Waals surface area (Å²) in [6.07, 6.45) is 0. The molecule has 1 aromatic rings. The van der Waals surface area contributed by atoms with Crippen molar-refractivity contribution in [3.8, 4) is 6.07 Å². The maximum absolute atomic E-state index is 12.3. The molecule has 0 amide bonds. The first-order valence-electron chi connectivity index (χ1n) is 6.31. The molecule has 0 aliphatic carbocycles. The van der Waals surface area contributed by atoms with Crippen LogP contribution in [0, 0.1) is 11.3 Å². The molecular weight excluding hydrogens is 331 g/mol. The lowest BCUT2D eigenvalue weighted by Crippen LogP contribution is -2.08. The van der Waals surface area contributed by atoms with Crippen molar-refractivity contribution in [2.75, 3.05) is 13.2 Å². The van der Waals surface area contributed by atoms with E-state index in [1.807, 2.05) is 0 Å². The average molecular weight is 345 g/mol. The normalized spacial score (nSPS) is 11.8. The minimum Gasteiger partial charge on any atom is -0.311 e. The molecule has 0 saturated carbocycles. The van der Waals surface area contributed by atoms with Crippen molar-refractivity contribution >= 4 is 30.6 Å². The van der Waals surface area contributed by atoms with E-state index >= 15 is 0 Å². The number of hydrogen-bond acceptors (Lipinski definition) is 7. The van der Waals surface area contributed by atoms with Crippen molar-refractivity contribution in [2.45, 2.75) is 13.8 Å². The highest BCUT2D eigenvalue weighted by Crippen LogP contribution is 2.49. The molecule has 0 saturated heterocycles. The second-order valence-corrected chi connectivity index (χ2v) is 6.12. The lowest BCUT2D eigenvalue weighted by Gasteiger charge is -2.13. The first-order valence-corrected chi connectivity index (χ1v) is 8.23. The van der Waals surface area contributed by atoms with Crippen LogP contribution in [0.2, 0.25) is 5.02 Å². The highest BCUT2D eigenvalue weighted by molar-refractivity contribution is 7.73. The van der Waals surface area contributed by atoms with Crippen molar-refractivity contribution < 1.29 is 23.2 Å². The van der Waals surface area contributed by atoms with Gasteiger partial charge in [-0.2, -0.15) is 5.26 Å². The zero-order valence-corrected chi connectivity index (χ0v) is 13.6. The molecule has 0 fully saturated rings. The molecule has 0 spiro atoms. The Morgan fingerprint density at radius 3 is 2.27 bits per heavy atom. The minimum absolute atomic E-state index is 0.0448. The molecule has 0 unspecified atom stereocenters. The Kier molecular flexibility index (Phi) is 7.22. The molecule has 118 valence electrons. The Morgan fingerprint density at radius 2 is 1.82 bits per heavy atom. The van der Waals surface area contributed by atoms with E-state index < -0.39 is 19.0 Å². The Morgan fingerprint density at radius 1 is 1.27 bits per heavy atom. The van der Waals surface area contributed by atoms with Crippen LogP contribution in [0.3, 0.4) is 0 Å². The second kappa shape index (κ2) is 8.66. The van der Waals surface area contributed by atoms with Gasteiger partial charge in [0.15, 0.2) is 0 Å². The molecule has 0 N–H and O–H groups in total. The predicted molar refractivity (Wildman–Crippen MR) is 80.8 cm³/mol. The van der Waals surface area contributed by atoms with Gasteiger partial charge in [0.05, 0.1) is 18.8 Å². The van der Waals surface area contributed by atoms with Crippen molar-refractivity contribution in [3.63, 3.8) is 0 Å². The number of hydrogen-bond donors (Lipinski definition) is 0. The van der Waals surface area contributed by atoms with Gasteiger partial charge in [-0.1, -0.05) is 16.8 Å². The summed E-state index contributed by atoms with van der Waals surface area (Å²) in [6.45, 7) is 3.26. The molecule has 9 heteroatoms. The number of carbonyl (C=O) groups is 1. The highest BCUT2D eigenvalue weighted by atomic mass is 35.5. The maximum atomic E-state index is 12.3. The third-order valence-corrected chi connectivity index (χ3v) is 4.40. The summed E-state index contributed by atoms with van der Waals surface area (Å²) in [7, 11) is -3.89. The zero-order valence-electron chi connectivity index (χ0n) is 12.0. The second-order valence-electron chi connectivity index (χ2n) is 3.75. The van der Waals surface area contributed by atoms with E-state index in [0.717, 1.165) is 0 Å². The number of rotatable bonds is 7. The first-order chi connectivity index (χ1) is 10.5. The van der Waals surface area contributed by atoms with Crippen molar-refractivity contribution in [1.82, 2.24) is 0 Å². The standard InChI is InChI=1S/C13H14ClN2O5P/c1-3-19-22(18,20-4-2)12(9-15)16-21-13(17)10-5-7-11(14)8-6-10/h5-8H,3-4H2,1-2H3/b16-12+. The summed E-state index contributed by atoms with van der Waals surface area (Å²) in [5.74, 6) is -0.830. The first kappa shape index (κ1) is 18.3. The van der Waals surface area contributed by atoms with Crippen molar-refractivity contribution in [3.05, 3.63) is 34.9 Å². The van der Waals surface area contributed by atoms with Crippen LogP contribution in [0.15, 0.2) is 29.4 Å². The van der Waals surface area contributed by atoms with Gasteiger partial charge in [0.1, 0.15) is 6.07 Å². The van der Waals surface area contributed by atoms with Crippen LogP contribution in [-0.2, 0) is 18.5 Å². The molecule has 0 aliphatic heterocycles. The summed E-state index contributed by atoms with van der Waals surface area (Å²) in [4.78, 5) is 16.4. The van der Waals surface area contributed by atoms with E-state index in [0.29, 0.717) is 5.02 Å². The van der Waals surface area contributed by atoms with E-state index in [1.54, 1.807) is 19.9 Å². The number of carbonyl (C=O) groups excluding carboxylic acids is 1. The fraction of sp³-hybridized carbons (Fsp3) is 0.308. The minimum atomic E-state index is -3.89. The molecule has 0 aliphatic rings. The number of oxime groups is 1. The number of halogens is 1. The summed E-state index contributed by atoms with van der Waals surface area (Å²) in [5.41, 5.74) is -0.452. The zero-order chi connectivity index (χ0) is 16.6. The van der Waals surface area contributed by atoms with Gasteiger partial charge in [-0.25, -0.2) is 4.79 Å². The fourth-order valence-corrected chi connectivity index (χ4v) is 2.74. The molecule has 0 aromatic heterocycles. The van der Waals surface area contributed by atoms with E-state index in [1.165, 1.54) is 24.3 Å². The smallest absolute Gasteiger partial charge is 0.311 e. The molecule has 0 radical (unpaired) electrons. The molecule has 7 nitrogen and oxygen atoms in total. The quantitative estimate of drug-likeness (QED) is 0.324. The maximum Gasteiger partial charge on any atom is 0.393 e. The van der Waals surface area contributed by atoms with E-state index in [-0.39, 0.29) is 18.8 Å². The predicted octanol–water partition coefficient (Wildman–Crippen LogP) is 3.60. The van der Waals surface area contributed by atoms with Crippen LogP contribution in [0.25, 0.3) is 0 Å². The Balaban J connectivity index is 2.93.